The molecular formula is C11H11FN4O2S. The standard InChI is InChI=1S/C11H11FN4O2S/c1-16-11(14-9(17)10(18)15-16)19-5-6-3-2-4-7(13)8(6)12/h2-4H,5,13H2,1H3,(H,15,18). The Morgan fingerprint density at radius 1 is 1.47 bits per heavy atom. The van der Waals surface area contributed by atoms with E-state index in [1.165, 1.54) is 10.7 Å². The molecule has 19 heavy (non-hydrogen) atoms. The minimum absolute atomic E-state index is 0.0708. The van der Waals surface area contributed by atoms with Gasteiger partial charge >= 0.3 is 11.1 Å². The topological polar surface area (TPSA) is 93.8 Å². The molecule has 6 nitrogen and oxygen atoms in total. The maximum atomic E-state index is 13.7. The van der Waals surface area contributed by atoms with Crippen molar-refractivity contribution in [1.29, 1.82) is 0 Å². The van der Waals surface area contributed by atoms with Crippen molar-refractivity contribution < 1.29 is 4.39 Å². The van der Waals surface area contributed by atoms with Gasteiger partial charge in [0.2, 0.25) is 0 Å². The van der Waals surface area contributed by atoms with Gasteiger partial charge < -0.3 is 5.73 Å². The number of H-pyrrole nitrogens is 1. The lowest BCUT2D eigenvalue weighted by atomic mass is 10.2. The molecule has 1 aromatic carbocycles. The van der Waals surface area contributed by atoms with Gasteiger partial charge in [-0.15, -0.1) is 0 Å². The predicted octanol–water partition coefficient (Wildman–Crippen LogP) is 0.482. The van der Waals surface area contributed by atoms with Crippen LogP contribution >= 0.6 is 11.8 Å². The van der Waals surface area contributed by atoms with E-state index >= 15 is 0 Å². The van der Waals surface area contributed by atoms with Crippen LogP contribution in [0.5, 0.6) is 0 Å². The molecule has 0 amide bonds. The zero-order valence-electron chi connectivity index (χ0n) is 10.0. The van der Waals surface area contributed by atoms with Crippen LogP contribution in [0.4, 0.5) is 10.1 Å². The number of hydrogen-bond acceptors (Lipinski definition) is 5. The van der Waals surface area contributed by atoms with Gasteiger partial charge in [-0.25, -0.2) is 4.39 Å². The molecule has 0 fully saturated rings. The molecule has 2 rings (SSSR count). The SMILES string of the molecule is Cn1[nH]c(=O)c(=O)nc1SCc1cccc(N)c1F. The third-order valence-corrected chi connectivity index (χ3v) is 3.49. The number of aryl methyl sites for hydroxylation is 1. The molecule has 8 heteroatoms. The van der Waals surface area contributed by atoms with Gasteiger partial charge in [0.15, 0.2) is 5.16 Å². The monoisotopic (exact) mass is 282 g/mol. The van der Waals surface area contributed by atoms with E-state index in [0.29, 0.717) is 10.7 Å². The van der Waals surface area contributed by atoms with E-state index in [1.807, 2.05) is 0 Å². The second-order valence-electron chi connectivity index (χ2n) is 3.81. The Morgan fingerprint density at radius 2 is 2.21 bits per heavy atom. The minimum Gasteiger partial charge on any atom is -0.396 e. The number of aromatic nitrogens is 3. The first-order valence-electron chi connectivity index (χ1n) is 5.32. The fraction of sp³-hybridized carbons (Fsp3) is 0.182. The zero-order valence-corrected chi connectivity index (χ0v) is 10.8. The summed E-state index contributed by atoms with van der Waals surface area (Å²) >= 11 is 1.13. The quantitative estimate of drug-likeness (QED) is 0.485. The number of hydrogen-bond donors (Lipinski definition) is 2. The molecule has 0 saturated carbocycles. The van der Waals surface area contributed by atoms with Crippen molar-refractivity contribution in [2.24, 2.45) is 7.05 Å². The molecule has 0 unspecified atom stereocenters. The van der Waals surface area contributed by atoms with Gasteiger partial charge in [0, 0.05) is 18.4 Å². The Morgan fingerprint density at radius 3 is 2.95 bits per heavy atom. The number of nitrogens with two attached hydrogens (primary N) is 1. The summed E-state index contributed by atoms with van der Waals surface area (Å²) in [5.41, 5.74) is 4.28. The first kappa shape index (κ1) is 13.3. The minimum atomic E-state index is -0.867. The molecule has 100 valence electrons. The highest BCUT2D eigenvalue weighted by Gasteiger charge is 2.09. The Labute approximate surface area is 111 Å². The van der Waals surface area contributed by atoms with Gasteiger partial charge in [0.05, 0.1) is 5.69 Å². The maximum Gasteiger partial charge on any atom is 0.339 e. The second kappa shape index (κ2) is 5.27. The molecule has 0 saturated heterocycles. The highest BCUT2D eigenvalue weighted by Crippen LogP contribution is 2.23. The molecule has 0 spiro atoms. The average molecular weight is 282 g/mol. The van der Waals surface area contributed by atoms with Crippen LogP contribution in [0.2, 0.25) is 0 Å². The van der Waals surface area contributed by atoms with Crippen LogP contribution in [0.15, 0.2) is 32.9 Å². The van der Waals surface area contributed by atoms with E-state index < -0.39 is 16.9 Å². The number of nitrogen functional groups attached to an aromatic ring is 1. The number of nitrogens with zero attached hydrogens (tertiary/aromatic N) is 2. The lowest BCUT2D eigenvalue weighted by Crippen LogP contribution is -2.33. The van der Waals surface area contributed by atoms with Crippen LogP contribution < -0.4 is 16.9 Å². The lowest BCUT2D eigenvalue weighted by Gasteiger charge is -2.07. The number of anilines is 1. The van der Waals surface area contributed by atoms with E-state index in [2.05, 4.69) is 10.1 Å². The van der Waals surface area contributed by atoms with Crippen LogP contribution in [0.25, 0.3) is 0 Å². The summed E-state index contributed by atoms with van der Waals surface area (Å²) in [5, 5.41) is 2.61. The van der Waals surface area contributed by atoms with E-state index in [-0.39, 0.29) is 11.4 Å². The van der Waals surface area contributed by atoms with Crippen LogP contribution in [0, 0.1) is 5.82 Å². The molecule has 1 heterocycles. The third kappa shape index (κ3) is 2.84. The molecule has 0 aliphatic heterocycles. The van der Waals surface area contributed by atoms with Crippen molar-refractivity contribution in [2.75, 3.05) is 5.73 Å². The summed E-state index contributed by atoms with van der Waals surface area (Å²) in [7, 11) is 1.55. The van der Waals surface area contributed by atoms with Crippen molar-refractivity contribution in [3.63, 3.8) is 0 Å². The van der Waals surface area contributed by atoms with Crippen LogP contribution in [-0.4, -0.2) is 14.8 Å². The highest BCUT2D eigenvalue weighted by atomic mass is 32.2. The van der Waals surface area contributed by atoms with E-state index in [1.54, 1.807) is 19.2 Å². The van der Waals surface area contributed by atoms with E-state index in [9.17, 15) is 14.0 Å². The molecular weight excluding hydrogens is 271 g/mol. The van der Waals surface area contributed by atoms with Crippen molar-refractivity contribution in [2.45, 2.75) is 10.9 Å². The third-order valence-electron chi connectivity index (χ3n) is 2.41. The normalized spacial score (nSPS) is 10.6. The predicted molar refractivity (Wildman–Crippen MR) is 70.5 cm³/mol. The van der Waals surface area contributed by atoms with Gasteiger partial charge in [0.25, 0.3) is 0 Å². The molecule has 3 N–H and O–H groups in total. The Bertz CT molecular complexity index is 725. The largest absolute Gasteiger partial charge is 0.396 e. The summed E-state index contributed by atoms with van der Waals surface area (Å²) < 4.78 is 15.0. The fourth-order valence-electron chi connectivity index (χ4n) is 1.44. The lowest BCUT2D eigenvalue weighted by molar-refractivity contribution is 0.595. The molecule has 0 bridgehead atoms. The fourth-order valence-corrected chi connectivity index (χ4v) is 2.34. The van der Waals surface area contributed by atoms with E-state index in [4.69, 9.17) is 5.73 Å². The summed E-state index contributed by atoms with van der Waals surface area (Å²) in [6.45, 7) is 0. The number of halogens is 1. The molecule has 0 aliphatic carbocycles. The van der Waals surface area contributed by atoms with Crippen molar-refractivity contribution >= 4 is 17.4 Å². The summed E-state index contributed by atoms with van der Waals surface area (Å²) in [5.74, 6) is -0.229. The van der Waals surface area contributed by atoms with Crippen molar-refractivity contribution in [1.82, 2.24) is 14.8 Å². The van der Waals surface area contributed by atoms with Gasteiger partial charge in [-0.1, -0.05) is 23.9 Å². The molecule has 2 aromatic rings. The van der Waals surface area contributed by atoms with Crippen LogP contribution in [0.3, 0.4) is 0 Å². The summed E-state index contributed by atoms with van der Waals surface area (Å²) in [4.78, 5) is 25.8. The molecule has 0 radical (unpaired) electrons. The Balaban J connectivity index is 2.24. The summed E-state index contributed by atoms with van der Waals surface area (Å²) in [6.07, 6.45) is 0. The van der Waals surface area contributed by atoms with Gasteiger partial charge in [0.1, 0.15) is 5.82 Å². The van der Waals surface area contributed by atoms with Crippen LogP contribution in [-0.2, 0) is 12.8 Å². The number of rotatable bonds is 3. The molecule has 1 aromatic heterocycles. The van der Waals surface area contributed by atoms with Crippen molar-refractivity contribution in [3.05, 3.63) is 50.3 Å². The first-order chi connectivity index (χ1) is 8.99. The van der Waals surface area contributed by atoms with Crippen LogP contribution in [0.1, 0.15) is 5.56 Å². The first-order valence-corrected chi connectivity index (χ1v) is 6.30. The van der Waals surface area contributed by atoms with E-state index in [0.717, 1.165) is 11.8 Å². The summed E-state index contributed by atoms with van der Waals surface area (Å²) in [6, 6.07) is 4.72. The molecule has 0 aliphatic rings. The Kier molecular flexibility index (Phi) is 3.70. The molecule has 0 atom stereocenters. The number of benzene rings is 1. The smallest absolute Gasteiger partial charge is 0.339 e. The number of aromatic amines is 1. The highest BCUT2D eigenvalue weighted by molar-refractivity contribution is 7.98. The zero-order chi connectivity index (χ0) is 14.0. The average Bonchev–Trinajstić information content (AvgIpc) is 2.37. The Hall–Kier alpha value is -2.09. The van der Waals surface area contributed by atoms with Gasteiger partial charge in [-0.05, 0) is 6.07 Å². The van der Waals surface area contributed by atoms with Gasteiger partial charge in [-0.2, -0.15) is 4.98 Å². The maximum absolute atomic E-state index is 13.7. The van der Waals surface area contributed by atoms with Gasteiger partial charge in [-0.3, -0.25) is 19.4 Å². The van der Waals surface area contributed by atoms with Crippen molar-refractivity contribution in [3.8, 4) is 0 Å². The second-order valence-corrected chi connectivity index (χ2v) is 4.75. The number of nitrogens with one attached hydrogen (secondary N) is 1. The number of thioether (sulfide) groups is 1.